The maximum Gasteiger partial charge on any atom is 0.253 e. The van der Waals surface area contributed by atoms with Gasteiger partial charge in [-0.3, -0.25) is 4.79 Å². The zero-order valence-corrected chi connectivity index (χ0v) is 22.2. The number of hydrogen-bond donors (Lipinski definition) is 2. The number of rotatable bonds is 7. The summed E-state index contributed by atoms with van der Waals surface area (Å²) in [4.78, 5) is 22.5. The molecule has 1 aliphatic heterocycles. The lowest BCUT2D eigenvalue weighted by Crippen LogP contribution is -2.45. The molecule has 0 unspecified atom stereocenters. The van der Waals surface area contributed by atoms with Gasteiger partial charge in [0.1, 0.15) is 5.65 Å². The van der Waals surface area contributed by atoms with E-state index in [-0.39, 0.29) is 5.91 Å². The Bertz CT molecular complexity index is 1160. The maximum atomic E-state index is 12.8. The van der Waals surface area contributed by atoms with Crippen LogP contribution in [0.3, 0.4) is 0 Å². The fraction of sp³-hybridized carbons (Fsp3) is 0.462. The van der Waals surface area contributed by atoms with Gasteiger partial charge in [-0.15, -0.1) is 0 Å². The number of H-pyrrole nitrogens is 1. The first-order valence-corrected chi connectivity index (χ1v) is 16.0. The van der Waals surface area contributed by atoms with Crippen molar-refractivity contribution in [2.45, 2.75) is 57.7 Å². The molecule has 182 valence electrons. The van der Waals surface area contributed by atoms with Gasteiger partial charge in [0.2, 0.25) is 0 Å². The molecule has 0 atom stereocenters. The number of ether oxygens (including phenoxy) is 1. The van der Waals surface area contributed by atoms with Gasteiger partial charge in [0.05, 0.1) is 17.2 Å². The van der Waals surface area contributed by atoms with Crippen molar-refractivity contribution in [3.8, 4) is 11.3 Å². The summed E-state index contributed by atoms with van der Waals surface area (Å²) in [5, 5.41) is 11.6. The molecule has 1 saturated heterocycles. The average molecular weight is 500 g/mol. The Hall–Kier alpha value is -2.19. The predicted molar refractivity (Wildman–Crippen MR) is 140 cm³/mol. The summed E-state index contributed by atoms with van der Waals surface area (Å²) in [5.74, 6) is 0.00202. The van der Waals surface area contributed by atoms with Crippen LogP contribution in [-0.2, 0) is 11.3 Å². The van der Waals surface area contributed by atoms with E-state index in [1.165, 1.54) is 0 Å². The van der Waals surface area contributed by atoms with Gasteiger partial charge in [-0.05, 0) is 49.6 Å². The third-order valence-electron chi connectivity index (χ3n) is 6.49. The Morgan fingerprint density at radius 3 is 2.56 bits per heavy atom. The van der Waals surface area contributed by atoms with Crippen LogP contribution < -0.4 is 0 Å². The second-order valence-corrected chi connectivity index (χ2v) is 16.8. The minimum Gasteiger partial charge on any atom is -0.390 e. The molecule has 8 heteroatoms. The zero-order valence-electron chi connectivity index (χ0n) is 20.4. The SMILES string of the molecule is CC1(O)CCN(C(=O)c2ccc(-c3cc4c(Cl)c(COCC[Si](C)(C)C)cnc4[nH]3)cc2)CC1. The van der Waals surface area contributed by atoms with Crippen LogP contribution in [0.25, 0.3) is 22.3 Å². The fourth-order valence-electron chi connectivity index (χ4n) is 4.07. The van der Waals surface area contributed by atoms with Crippen LogP contribution in [-0.4, -0.2) is 59.3 Å². The van der Waals surface area contributed by atoms with Crippen molar-refractivity contribution in [1.82, 2.24) is 14.9 Å². The van der Waals surface area contributed by atoms with E-state index in [1.54, 1.807) is 6.20 Å². The summed E-state index contributed by atoms with van der Waals surface area (Å²) < 4.78 is 5.86. The Morgan fingerprint density at radius 1 is 1.24 bits per heavy atom. The van der Waals surface area contributed by atoms with E-state index in [1.807, 2.05) is 42.2 Å². The lowest BCUT2D eigenvalue weighted by Gasteiger charge is -2.35. The zero-order chi connectivity index (χ0) is 24.5. The number of aliphatic hydroxyl groups is 1. The third-order valence-corrected chi connectivity index (χ3v) is 8.64. The monoisotopic (exact) mass is 499 g/mol. The lowest BCUT2D eigenvalue weighted by atomic mass is 9.93. The number of likely N-dealkylation sites (tertiary alicyclic amines) is 1. The molecule has 0 saturated carbocycles. The van der Waals surface area contributed by atoms with Crippen LogP contribution in [0.1, 0.15) is 35.7 Å². The Kier molecular flexibility index (Phi) is 7.19. The highest BCUT2D eigenvalue weighted by Crippen LogP contribution is 2.31. The third kappa shape index (κ3) is 5.89. The molecule has 0 bridgehead atoms. The van der Waals surface area contributed by atoms with E-state index in [0.717, 1.165) is 40.5 Å². The molecule has 34 heavy (non-hydrogen) atoms. The van der Waals surface area contributed by atoms with Crippen molar-refractivity contribution in [2.24, 2.45) is 0 Å². The van der Waals surface area contributed by atoms with Crippen molar-refractivity contribution in [2.75, 3.05) is 19.7 Å². The number of benzene rings is 1. The Morgan fingerprint density at radius 2 is 1.91 bits per heavy atom. The molecule has 1 fully saturated rings. The molecule has 0 radical (unpaired) electrons. The van der Waals surface area contributed by atoms with Crippen molar-refractivity contribution in [3.05, 3.63) is 52.7 Å². The second kappa shape index (κ2) is 9.82. The number of carbonyl (C=O) groups is 1. The number of amides is 1. The largest absolute Gasteiger partial charge is 0.390 e. The van der Waals surface area contributed by atoms with E-state index in [9.17, 15) is 9.90 Å². The molecular weight excluding hydrogens is 466 g/mol. The number of aromatic nitrogens is 2. The molecule has 4 rings (SSSR count). The van der Waals surface area contributed by atoms with Crippen LogP contribution in [0.5, 0.6) is 0 Å². The van der Waals surface area contributed by atoms with Gasteiger partial charge in [0, 0.05) is 56.2 Å². The van der Waals surface area contributed by atoms with Crippen molar-refractivity contribution in [1.29, 1.82) is 0 Å². The lowest BCUT2D eigenvalue weighted by molar-refractivity contribution is -0.00202. The van der Waals surface area contributed by atoms with Crippen LogP contribution in [0.4, 0.5) is 0 Å². The highest BCUT2D eigenvalue weighted by molar-refractivity contribution is 6.76. The van der Waals surface area contributed by atoms with Gasteiger partial charge in [-0.2, -0.15) is 0 Å². The topological polar surface area (TPSA) is 78.4 Å². The number of nitrogens with one attached hydrogen (secondary N) is 1. The van der Waals surface area contributed by atoms with Gasteiger partial charge in [-0.1, -0.05) is 43.4 Å². The highest BCUT2D eigenvalue weighted by Gasteiger charge is 2.30. The number of nitrogens with zero attached hydrogens (tertiary/aromatic N) is 2. The molecule has 2 N–H and O–H groups in total. The summed E-state index contributed by atoms with van der Waals surface area (Å²) in [6.07, 6.45) is 2.98. The number of carbonyl (C=O) groups excluding carboxylic acids is 1. The Balaban J connectivity index is 1.45. The normalized spacial score (nSPS) is 16.2. The number of piperidine rings is 1. The molecule has 1 aliphatic rings. The van der Waals surface area contributed by atoms with E-state index < -0.39 is 13.7 Å². The number of pyridine rings is 1. The van der Waals surface area contributed by atoms with Crippen LogP contribution in [0.2, 0.25) is 30.7 Å². The molecule has 1 aromatic carbocycles. The van der Waals surface area contributed by atoms with Gasteiger partial charge >= 0.3 is 0 Å². The molecule has 0 aliphatic carbocycles. The fourth-order valence-corrected chi connectivity index (χ4v) is 5.07. The summed E-state index contributed by atoms with van der Waals surface area (Å²) in [5.41, 5.74) is 3.44. The summed E-state index contributed by atoms with van der Waals surface area (Å²) in [7, 11) is -1.13. The van der Waals surface area contributed by atoms with E-state index in [2.05, 4.69) is 29.6 Å². The Labute approximate surface area is 207 Å². The van der Waals surface area contributed by atoms with Crippen molar-refractivity contribution >= 4 is 36.6 Å². The summed E-state index contributed by atoms with van der Waals surface area (Å²) in [6.45, 7) is 11.2. The number of aromatic amines is 1. The maximum absolute atomic E-state index is 12.8. The van der Waals surface area contributed by atoms with Crippen molar-refractivity contribution in [3.63, 3.8) is 0 Å². The van der Waals surface area contributed by atoms with E-state index >= 15 is 0 Å². The standard InChI is InChI=1S/C26H34ClN3O3Si/c1-26(32)9-11-30(12-10-26)25(31)19-7-5-18(6-8-19)22-15-21-23(27)20(16-28-24(21)29-22)17-33-13-14-34(2,3)4/h5-8,15-16,32H,9-14,17H2,1-4H3,(H,28,29). The minimum atomic E-state index is -1.13. The summed E-state index contributed by atoms with van der Waals surface area (Å²) in [6, 6.07) is 10.7. The molecule has 0 spiro atoms. The summed E-state index contributed by atoms with van der Waals surface area (Å²) >= 11 is 6.68. The van der Waals surface area contributed by atoms with Crippen LogP contribution in [0, 0.1) is 0 Å². The van der Waals surface area contributed by atoms with Gasteiger partial charge in [0.25, 0.3) is 5.91 Å². The quantitative estimate of drug-likeness (QED) is 0.321. The van der Waals surface area contributed by atoms with Crippen molar-refractivity contribution < 1.29 is 14.6 Å². The van der Waals surface area contributed by atoms with Gasteiger partial charge in [-0.25, -0.2) is 4.98 Å². The molecule has 6 nitrogen and oxygen atoms in total. The molecule has 2 aromatic heterocycles. The smallest absolute Gasteiger partial charge is 0.253 e. The van der Waals surface area contributed by atoms with Gasteiger partial charge < -0.3 is 19.7 Å². The highest BCUT2D eigenvalue weighted by atomic mass is 35.5. The second-order valence-electron chi connectivity index (χ2n) is 10.8. The molecular formula is C26H34ClN3O3Si. The average Bonchev–Trinajstić information content (AvgIpc) is 3.22. The van der Waals surface area contributed by atoms with Gasteiger partial charge in [0.15, 0.2) is 0 Å². The molecule has 3 aromatic rings. The van der Waals surface area contributed by atoms with Crippen LogP contribution >= 0.6 is 11.6 Å². The molecule has 3 heterocycles. The number of hydrogen-bond acceptors (Lipinski definition) is 4. The first-order chi connectivity index (χ1) is 16.0. The first kappa shape index (κ1) is 24.9. The number of fused-ring (bicyclic) bond motifs is 1. The minimum absolute atomic E-state index is 0.00202. The number of halogens is 1. The van der Waals surface area contributed by atoms with E-state index in [0.29, 0.717) is 43.1 Å². The van der Waals surface area contributed by atoms with Crippen LogP contribution in [0.15, 0.2) is 36.5 Å². The molecule has 1 amide bonds. The first-order valence-electron chi connectivity index (χ1n) is 11.9. The van der Waals surface area contributed by atoms with E-state index in [4.69, 9.17) is 16.3 Å². The predicted octanol–water partition coefficient (Wildman–Crippen LogP) is 5.73.